The predicted molar refractivity (Wildman–Crippen MR) is 71.7 cm³/mol. The van der Waals surface area contributed by atoms with Gasteiger partial charge in [-0.3, -0.25) is 9.78 Å². The Bertz CT molecular complexity index is 408. The monoisotopic (exact) mass is 270 g/mol. The summed E-state index contributed by atoms with van der Waals surface area (Å²) in [6, 6.07) is 3.16. The fraction of sp³-hybridized carbons (Fsp3) is 0.538. The zero-order valence-corrected chi connectivity index (χ0v) is 11.5. The predicted octanol–water partition coefficient (Wildman–Crippen LogP) is 2.26. The van der Waals surface area contributed by atoms with Gasteiger partial charge in [0.2, 0.25) is 0 Å². The van der Waals surface area contributed by atoms with Crippen LogP contribution in [0.1, 0.15) is 37.2 Å². The average molecular weight is 271 g/mol. The van der Waals surface area contributed by atoms with Gasteiger partial charge in [-0.2, -0.15) is 0 Å². The van der Waals surface area contributed by atoms with Gasteiger partial charge < -0.3 is 10.4 Å². The van der Waals surface area contributed by atoms with Gasteiger partial charge in [-0.05, 0) is 30.4 Å². The Labute approximate surface area is 112 Å². The number of aromatic nitrogens is 1. The summed E-state index contributed by atoms with van der Waals surface area (Å²) in [5, 5.41) is 12.4. The van der Waals surface area contributed by atoms with Crippen molar-refractivity contribution in [1.82, 2.24) is 10.3 Å². The van der Waals surface area contributed by atoms with E-state index in [2.05, 4.69) is 10.3 Å². The molecule has 0 saturated carbocycles. The smallest absolute Gasteiger partial charge is 0.269 e. The van der Waals surface area contributed by atoms with Crippen molar-refractivity contribution >= 4 is 17.5 Å². The minimum absolute atomic E-state index is 0.0982. The van der Waals surface area contributed by atoms with Crippen LogP contribution in [0.5, 0.6) is 0 Å². The number of rotatable bonds is 6. The van der Waals surface area contributed by atoms with Gasteiger partial charge in [-0.15, -0.1) is 0 Å². The summed E-state index contributed by atoms with van der Waals surface area (Å²) >= 11 is 5.78. The third-order valence-electron chi connectivity index (χ3n) is 2.70. The van der Waals surface area contributed by atoms with Crippen LogP contribution in [0.3, 0.4) is 0 Å². The molecule has 5 heteroatoms. The third kappa shape index (κ3) is 5.02. The van der Waals surface area contributed by atoms with Crippen LogP contribution in [0, 0.1) is 5.41 Å². The Balaban J connectivity index is 2.34. The molecule has 0 aliphatic heterocycles. The van der Waals surface area contributed by atoms with Crippen LogP contribution in [0.4, 0.5) is 0 Å². The molecule has 1 rings (SSSR count). The minimum Gasteiger partial charge on any atom is -0.396 e. The maximum atomic E-state index is 11.7. The first-order valence-electron chi connectivity index (χ1n) is 5.95. The first-order valence-corrected chi connectivity index (χ1v) is 6.33. The second-order valence-corrected chi connectivity index (χ2v) is 5.48. The first kappa shape index (κ1) is 14.9. The van der Waals surface area contributed by atoms with E-state index in [0.29, 0.717) is 17.3 Å². The number of carbonyl (C=O) groups is 1. The highest BCUT2D eigenvalue weighted by Gasteiger charge is 2.15. The normalized spacial score (nSPS) is 11.3. The van der Waals surface area contributed by atoms with Crippen molar-refractivity contribution in [2.75, 3.05) is 13.2 Å². The topological polar surface area (TPSA) is 62.2 Å². The van der Waals surface area contributed by atoms with E-state index >= 15 is 0 Å². The lowest BCUT2D eigenvalue weighted by atomic mass is 9.89. The van der Waals surface area contributed by atoms with Crippen molar-refractivity contribution in [3.8, 4) is 0 Å². The van der Waals surface area contributed by atoms with E-state index < -0.39 is 0 Å². The molecule has 1 aromatic heterocycles. The highest BCUT2D eigenvalue weighted by molar-refractivity contribution is 6.30. The number of nitrogens with one attached hydrogen (secondary N) is 1. The molecule has 4 nitrogen and oxygen atoms in total. The number of aliphatic hydroxyl groups excluding tert-OH is 1. The van der Waals surface area contributed by atoms with Gasteiger partial charge in [0.05, 0.1) is 0 Å². The molecule has 100 valence electrons. The quantitative estimate of drug-likeness (QED) is 0.780. The van der Waals surface area contributed by atoms with Crippen LogP contribution in [-0.2, 0) is 0 Å². The number of carbonyl (C=O) groups excluding carboxylic acids is 1. The molecule has 2 N–H and O–H groups in total. The maximum absolute atomic E-state index is 11.7. The standard InChI is InChI=1S/C13H19ClN2O2/c1-13(2,9-17)5-3-6-16-12(18)11-8-10(14)4-7-15-11/h4,7-8,17H,3,5-6,9H2,1-2H3,(H,16,18). The van der Waals surface area contributed by atoms with Crippen LogP contribution in [-0.4, -0.2) is 29.1 Å². The van der Waals surface area contributed by atoms with Crippen molar-refractivity contribution in [2.45, 2.75) is 26.7 Å². The number of pyridine rings is 1. The summed E-state index contributed by atoms with van der Waals surface area (Å²) in [5.41, 5.74) is 0.225. The highest BCUT2D eigenvalue weighted by Crippen LogP contribution is 2.20. The Hall–Kier alpha value is -1.13. The maximum Gasteiger partial charge on any atom is 0.269 e. The van der Waals surface area contributed by atoms with E-state index in [4.69, 9.17) is 16.7 Å². The summed E-state index contributed by atoms with van der Waals surface area (Å²) in [4.78, 5) is 15.7. The van der Waals surface area contributed by atoms with Gasteiger partial charge in [0.15, 0.2) is 0 Å². The number of hydrogen-bond donors (Lipinski definition) is 2. The molecule has 1 heterocycles. The van der Waals surface area contributed by atoms with Gasteiger partial charge in [0.25, 0.3) is 5.91 Å². The molecule has 0 bridgehead atoms. The number of aliphatic hydroxyl groups is 1. The van der Waals surface area contributed by atoms with Crippen molar-refractivity contribution in [3.05, 3.63) is 29.0 Å². The van der Waals surface area contributed by atoms with Gasteiger partial charge in [-0.1, -0.05) is 25.4 Å². The lowest BCUT2D eigenvalue weighted by molar-refractivity contribution is 0.0943. The fourth-order valence-corrected chi connectivity index (χ4v) is 1.63. The zero-order chi connectivity index (χ0) is 13.6. The van der Waals surface area contributed by atoms with Gasteiger partial charge in [-0.25, -0.2) is 0 Å². The Morgan fingerprint density at radius 2 is 2.28 bits per heavy atom. The molecule has 0 fully saturated rings. The van der Waals surface area contributed by atoms with E-state index in [1.807, 2.05) is 13.8 Å². The molecular formula is C13H19ClN2O2. The second kappa shape index (κ2) is 6.71. The molecule has 18 heavy (non-hydrogen) atoms. The fourth-order valence-electron chi connectivity index (χ4n) is 1.47. The van der Waals surface area contributed by atoms with E-state index in [1.165, 1.54) is 12.3 Å². The molecular weight excluding hydrogens is 252 g/mol. The van der Waals surface area contributed by atoms with Crippen LogP contribution in [0.15, 0.2) is 18.3 Å². The summed E-state index contributed by atoms with van der Waals surface area (Å²) in [5.74, 6) is -0.223. The van der Waals surface area contributed by atoms with Crippen molar-refractivity contribution in [1.29, 1.82) is 0 Å². The Kier molecular flexibility index (Phi) is 5.56. The van der Waals surface area contributed by atoms with Crippen LogP contribution in [0.25, 0.3) is 0 Å². The second-order valence-electron chi connectivity index (χ2n) is 5.04. The van der Waals surface area contributed by atoms with Crippen molar-refractivity contribution in [3.63, 3.8) is 0 Å². The molecule has 0 radical (unpaired) electrons. The first-order chi connectivity index (χ1) is 8.44. The van der Waals surface area contributed by atoms with E-state index in [9.17, 15) is 4.79 Å². The van der Waals surface area contributed by atoms with Crippen LogP contribution < -0.4 is 5.32 Å². The summed E-state index contributed by atoms with van der Waals surface area (Å²) in [7, 11) is 0. The van der Waals surface area contributed by atoms with Crippen molar-refractivity contribution in [2.24, 2.45) is 5.41 Å². The lowest BCUT2D eigenvalue weighted by Crippen LogP contribution is -2.27. The summed E-state index contributed by atoms with van der Waals surface area (Å²) in [6.45, 7) is 4.70. The van der Waals surface area contributed by atoms with Crippen molar-refractivity contribution < 1.29 is 9.90 Å². The average Bonchev–Trinajstić information content (AvgIpc) is 2.34. The molecule has 0 saturated heterocycles. The molecule has 0 aromatic carbocycles. The van der Waals surface area contributed by atoms with Crippen LogP contribution in [0.2, 0.25) is 5.02 Å². The largest absolute Gasteiger partial charge is 0.396 e. The van der Waals surface area contributed by atoms with Gasteiger partial charge in [0, 0.05) is 24.4 Å². The number of amides is 1. The van der Waals surface area contributed by atoms with Crippen LogP contribution >= 0.6 is 11.6 Å². The lowest BCUT2D eigenvalue weighted by Gasteiger charge is -2.21. The summed E-state index contributed by atoms with van der Waals surface area (Å²) < 4.78 is 0. The van der Waals surface area contributed by atoms with E-state index in [-0.39, 0.29) is 17.9 Å². The number of halogens is 1. The third-order valence-corrected chi connectivity index (χ3v) is 2.93. The van der Waals surface area contributed by atoms with Gasteiger partial charge in [0.1, 0.15) is 5.69 Å². The minimum atomic E-state index is -0.223. The molecule has 0 aliphatic carbocycles. The number of nitrogens with zero attached hydrogens (tertiary/aromatic N) is 1. The van der Waals surface area contributed by atoms with Gasteiger partial charge >= 0.3 is 0 Å². The van der Waals surface area contributed by atoms with E-state index in [1.54, 1.807) is 6.07 Å². The Morgan fingerprint density at radius 3 is 2.89 bits per heavy atom. The SMILES string of the molecule is CC(C)(CO)CCCNC(=O)c1cc(Cl)ccn1. The van der Waals surface area contributed by atoms with E-state index in [0.717, 1.165) is 12.8 Å². The summed E-state index contributed by atoms with van der Waals surface area (Å²) in [6.07, 6.45) is 3.18. The number of hydrogen-bond acceptors (Lipinski definition) is 3. The molecule has 0 aliphatic rings. The highest BCUT2D eigenvalue weighted by atomic mass is 35.5. The molecule has 0 spiro atoms. The molecule has 0 atom stereocenters. The molecule has 1 amide bonds. The molecule has 1 aromatic rings. The molecule has 0 unspecified atom stereocenters. The zero-order valence-electron chi connectivity index (χ0n) is 10.7. The Morgan fingerprint density at radius 1 is 1.56 bits per heavy atom.